The average molecular weight is 224 g/mol. The van der Waals surface area contributed by atoms with E-state index in [4.69, 9.17) is 10.9 Å². The largest absolute Gasteiger partial charge is 0.409 e. The summed E-state index contributed by atoms with van der Waals surface area (Å²) >= 11 is 0. The van der Waals surface area contributed by atoms with Gasteiger partial charge in [0, 0.05) is 12.2 Å². The van der Waals surface area contributed by atoms with Crippen molar-refractivity contribution in [1.29, 1.82) is 0 Å². The van der Waals surface area contributed by atoms with Gasteiger partial charge >= 0.3 is 5.69 Å². The van der Waals surface area contributed by atoms with Crippen LogP contribution in [0.15, 0.2) is 14.7 Å². The number of H-pyrrole nitrogens is 1. The maximum atomic E-state index is 11.6. The molecule has 86 valence electrons. The van der Waals surface area contributed by atoms with Gasteiger partial charge in [0.15, 0.2) is 5.84 Å². The van der Waals surface area contributed by atoms with Gasteiger partial charge in [-0.25, -0.2) is 4.79 Å². The number of hydrogen-bond donors (Lipinski definition) is 3. The van der Waals surface area contributed by atoms with Gasteiger partial charge in [0.1, 0.15) is 5.56 Å². The highest BCUT2D eigenvalue weighted by Crippen LogP contribution is 2.13. The molecule has 1 aromatic heterocycles. The molecular formula is C9H12N4O3. The van der Waals surface area contributed by atoms with E-state index in [1.54, 1.807) is 0 Å². The molecule has 0 unspecified atom stereocenters. The molecule has 2 rings (SSSR count). The standard InChI is InChI=1S/C9H12N4O3/c10-7(12-16)6-5-3-1-2-4-13(5)9(15)11-8(6)14/h16H,1-4H2,(H2,10,12)(H,11,14,15). The third kappa shape index (κ3) is 1.50. The number of oxime groups is 1. The number of aromatic nitrogens is 2. The Balaban J connectivity index is 2.78. The lowest BCUT2D eigenvalue weighted by Crippen LogP contribution is -2.40. The molecule has 0 amide bonds. The molecule has 2 heterocycles. The number of nitrogens with zero attached hydrogens (tertiary/aromatic N) is 2. The Morgan fingerprint density at radius 1 is 1.44 bits per heavy atom. The van der Waals surface area contributed by atoms with Gasteiger partial charge in [-0.3, -0.25) is 14.3 Å². The molecule has 0 radical (unpaired) electrons. The molecule has 1 aromatic rings. The molecule has 0 atom stereocenters. The van der Waals surface area contributed by atoms with E-state index in [0.29, 0.717) is 18.7 Å². The van der Waals surface area contributed by atoms with Crippen molar-refractivity contribution in [2.24, 2.45) is 10.9 Å². The highest BCUT2D eigenvalue weighted by atomic mass is 16.4. The van der Waals surface area contributed by atoms with Gasteiger partial charge in [-0.1, -0.05) is 5.16 Å². The summed E-state index contributed by atoms with van der Waals surface area (Å²) in [6.45, 7) is 0.552. The Kier molecular flexibility index (Phi) is 2.51. The summed E-state index contributed by atoms with van der Waals surface area (Å²) in [5.41, 5.74) is 5.04. The van der Waals surface area contributed by atoms with E-state index >= 15 is 0 Å². The summed E-state index contributed by atoms with van der Waals surface area (Å²) in [5.74, 6) is -0.257. The average Bonchev–Trinajstić information content (AvgIpc) is 2.28. The number of rotatable bonds is 1. The van der Waals surface area contributed by atoms with Gasteiger partial charge < -0.3 is 10.9 Å². The fourth-order valence-electron chi connectivity index (χ4n) is 1.99. The molecule has 1 aliphatic heterocycles. The summed E-state index contributed by atoms with van der Waals surface area (Å²) in [6, 6.07) is 0. The van der Waals surface area contributed by atoms with E-state index in [1.165, 1.54) is 4.57 Å². The number of nitrogens with one attached hydrogen (secondary N) is 1. The van der Waals surface area contributed by atoms with Crippen LogP contribution < -0.4 is 17.0 Å². The number of nitrogens with two attached hydrogens (primary N) is 1. The van der Waals surface area contributed by atoms with Crippen LogP contribution in [0.2, 0.25) is 0 Å². The molecule has 7 heteroatoms. The summed E-state index contributed by atoms with van der Waals surface area (Å²) in [4.78, 5) is 25.2. The first-order chi connectivity index (χ1) is 7.65. The van der Waals surface area contributed by atoms with Gasteiger partial charge in [0.2, 0.25) is 0 Å². The zero-order chi connectivity index (χ0) is 11.7. The molecule has 1 aliphatic rings. The van der Waals surface area contributed by atoms with Crippen LogP contribution in [-0.2, 0) is 13.0 Å². The Morgan fingerprint density at radius 2 is 2.19 bits per heavy atom. The molecule has 0 aromatic carbocycles. The smallest absolute Gasteiger partial charge is 0.328 e. The lowest BCUT2D eigenvalue weighted by atomic mass is 10.0. The first-order valence-corrected chi connectivity index (χ1v) is 4.99. The molecule has 0 spiro atoms. The second-order valence-corrected chi connectivity index (χ2v) is 3.67. The SMILES string of the molecule is N/C(=N\O)c1c2n(c(=O)[nH]c1=O)CCCC2. The predicted octanol–water partition coefficient (Wildman–Crippen LogP) is -1.03. The fraction of sp³-hybridized carbons (Fsp3) is 0.444. The molecule has 4 N–H and O–H groups in total. The van der Waals surface area contributed by atoms with Crippen molar-refractivity contribution in [3.8, 4) is 0 Å². The summed E-state index contributed by atoms with van der Waals surface area (Å²) in [7, 11) is 0. The van der Waals surface area contributed by atoms with Crippen LogP contribution in [0.1, 0.15) is 24.1 Å². The zero-order valence-corrected chi connectivity index (χ0v) is 8.56. The number of fused-ring (bicyclic) bond motifs is 1. The molecule has 0 aliphatic carbocycles. The Labute approximate surface area is 90.2 Å². The second-order valence-electron chi connectivity index (χ2n) is 3.67. The number of aromatic amines is 1. The summed E-state index contributed by atoms with van der Waals surface area (Å²) in [5, 5.41) is 11.4. The van der Waals surface area contributed by atoms with Crippen molar-refractivity contribution < 1.29 is 5.21 Å². The van der Waals surface area contributed by atoms with Crippen molar-refractivity contribution in [3.05, 3.63) is 32.1 Å². The van der Waals surface area contributed by atoms with Crippen molar-refractivity contribution in [3.63, 3.8) is 0 Å². The molecule has 0 fully saturated rings. The van der Waals surface area contributed by atoms with Crippen molar-refractivity contribution >= 4 is 5.84 Å². The molecule has 0 saturated heterocycles. The van der Waals surface area contributed by atoms with Crippen molar-refractivity contribution in [1.82, 2.24) is 9.55 Å². The highest BCUT2D eigenvalue weighted by molar-refractivity contribution is 5.97. The number of amidine groups is 1. The highest BCUT2D eigenvalue weighted by Gasteiger charge is 2.20. The van der Waals surface area contributed by atoms with Gasteiger partial charge in [-0.15, -0.1) is 0 Å². The fourth-order valence-corrected chi connectivity index (χ4v) is 1.99. The van der Waals surface area contributed by atoms with Crippen LogP contribution >= 0.6 is 0 Å². The lowest BCUT2D eigenvalue weighted by molar-refractivity contribution is 0.318. The van der Waals surface area contributed by atoms with Crippen LogP contribution in [0, 0.1) is 0 Å². The predicted molar refractivity (Wildman–Crippen MR) is 56.8 cm³/mol. The molecule has 0 bridgehead atoms. The molecule has 7 nitrogen and oxygen atoms in total. The minimum atomic E-state index is -0.603. The third-order valence-corrected chi connectivity index (χ3v) is 2.72. The van der Waals surface area contributed by atoms with Gasteiger partial charge in [0.25, 0.3) is 5.56 Å². The Bertz CT molecular complexity index is 555. The van der Waals surface area contributed by atoms with Gasteiger partial charge in [0.05, 0.1) is 0 Å². The lowest BCUT2D eigenvalue weighted by Gasteiger charge is -2.19. The van der Waals surface area contributed by atoms with E-state index in [-0.39, 0.29) is 11.4 Å². The minimum absolute atomic E-state index is 0.0989. The maximum Gasteiger partial charge on any atom is 0.328 e. The van der Waals surface area contributed by atoms with Crippen LogP contribution in [0.25, 0.3) is 0 Å². The second kappa shape index (κ2) is 3.84. The summed E-state index contributed by atoms with van der Waals surface area (Å²) in [6.07, 6.45) is 2.36. The Morgan fingerprint density at radius 3 is 2.88 bits per heavy atom. The van der Waals surface area contributed by atoms with E-state index < -0.39 is 11.2 Å². The van der Waals surface area contributed by atoms with E-state index in [2.05, 4.69) is 10.1 Å². The normalized spacial score (nSPS) is 15.9. The minimum Gasteiger partial charge on any atom is -0.409 e. The van der Waals surface area contributed by atoms with E-state index in [9.17, 15) is 9.59 Å². The third-order valence-electron chi connectivity index (χ3n) is 2.72. The van der Waals surface area contributed by atoms with Gasteiger partial charge in [-0.05, 0) is 19.3 Å². The first kappa shape index (κ1) is 10.5. The van der Waals surface area contributed by atoms with E-state index in [1.807, 2.05) is 0 Å². The zero-order valence-electron chi connectivity index (χ0n) is 8.56. The maximum absolute atomic E-state index is 11.6. The van der Waals surface area contributed by atoms with Crippen molar-refractivity contribution in [2.75, 3.05) is 0 Å². The van der Waals surface area contributed by atoms with Crippen LogP contribution in [0.4, 0.5) is 0 Å². The Hall–Kier alpha value is -2.05. The quantitative estimate of drug-likeness (QED) is 0.245. The van der Waals surface area contributed by atoms with Crippen molar-refractivity contribution in [2.45, 2.75) is 25.8 Å². The molecule has 16 heavy (non-hydrogen) atoms. The monoisotopic (exact) mass is 224 g/mol. The summed E-state index contributed by atoms with van der Waals surface area (Å²) < 4.78 is 1.47. The molecular weight excluding hydrogens is 212 g/mol. The number of hydrogen-bond acceptors (Lipinski definition) is 4. The van der Waals surface area contributed by atoms with E-state index in [0.717, 1.165) is 12.8 Å². The van der Waals surface area contributed by atoms with Crippen LogP contribution in [0.3, 0.4) is 0 Å². The van der Waals surface area contributed by atoms with Gasteiger partial charge in [-0.2, -0.15) is 0 Å². The topological polar surface area (TPSA) is 113 Å². The first-order valence-electron chi connectivity index (χ1n) is 4.99. The molecule has 0 saturated carbocycles. The van der Waals surface area contributed by atoms with Crippen LogP contribution in [0.5, 0.6) is 0 Å². The van der Waals surface area contributed by atoms with Crippen LogP contribution in [-0.4, -0.2) is 20.6 Å².